The fourth-order valence-corrected chi connectivity index (χ4v) is 3.70. The van der Waals surface area contributed by atoms with Gasteiger partial charge < -0.3 is 10.1 Å². The number of benzene rings is 1. The molecule has 0 spiro atoms. The first-order valence-electron chi connectivity index (χ1n) is 9.46. The molecule has 0 aliphatic carbocycles. The highest BCUT2D eigenvalue weighted by molar-refractivity contribution is 7.13. The molecular weight excluding hydrogens is 414 g/mol. The van der Waals surface area contributed by atoms with Crippen molar-refractivity contribution >= 4 is 17.2 Å². The Morgan fingerprint density at radius 1 is 1.06 bits per heavy atom. The minimum absolute atomic E-state index is 0.173. The average molecular weight is 433 g/mol. The van der Waals surface area contributed by atoms with Gasteiger partial charge in [0.1, 0.15) is 17.3 Å². The number of nitrogens with one attached hydrogen (secondary N) is 1. The Labute approximate surface area is 182 Å². The Balaban J connectivity index is 1.39. The van der Waals surface area contributed by atoms with E-state index < -0.39 is 0 Å². The van der Waals surface area contributed by atoms with Crippen molar-refractivity contribution in [3.8, 4) is 27.6 Å². The Hall–Kier alpha value is -3.85. The lowest BCUT2D eigenvalue weighted by molar-refractivity contribution is -0.122. The molecule has 156 valence electrons. The lowest BCUT2D eigenvalue weighted by Gasteiger charge is -2.07. The third kappa shape index (κ3) is 5.01. The number of methoxy groups -OCH3 is 1. The Morgan fingerprint density at radius 2 is 1.84 bits per heavy atom. The zero-order valence-corrected chi connectivity index (χ0v) is 17.5. The molecule has 1 amide bonds. The predicted molar refractivity (Wildman–Crippen MR) is 118 cm³/mol. The number of aromatic nitrogens is 4. The van der Waals surface area contributed by atoms with E-state index in [0.29, 0.717) is 5.69 Å². The SMILES string of the molecule is COc1ccc(-c2nc(CNC(=O)Cn3nc(-c4ccncc4)ccc3=O)cs2)cc1. The van der Waals surface area contributed by atoms with Crippen molar-refractivity contribution in [1.82, 2.24) is 25.1 Å². The van der Waals surface area contributed by atoms with E-state index in [1.807, 2.05) is 29.6 Å². The van der Waals surface area contributed by atoms with Crippen LogP contribution in [0.2, 0.25) is 0 Å². The van der Waals surface area contributed by atoms with E-state index in [0.717, 1.165) is 32.3 Å². The molecule has 3 aromatic heterocycles. The summed E-state index contributed by atoms with van der Waals surface area (Å²) in [5.74, 6) is 0.463. The van der Waals surface area contributed by atoms with Crippen molar-refractivity contribution in [2.24, 2.45) is 0 Å². The molecule has 3 heterocycles. The summed E-state index contributed by atoms with van der Waals surface area (Å²) in [6.45, 7) is 0.0948. The van der Waals surface area contributed by atoms with Crippen LogP contribution in [0.3, 0.4) is 0 Å². The van der Waals surface area contributed by atoms with Gasteiger partial charge in [0.25, 0.3) is 5.56 Å². The number of carbonyl (C=O) groups excluding carboxylic acids is 1. The molecule has 0 radical (unpaired) electrons. The van der Waals surface area contributed by atoms with Gasteiger partial charge in [-0.2, -0.15) is 5.10 Å². The zero-order chi connectivity index (χ0) is 21.6. The van der Waals surface area contributed by atoms with Crippen molar-refractivity contribution in [3.63, 3.8) is 0 Å². The summed E-state index contributed by atoms with van der Waals surface area (Å²) in [5.41, 5.74) is 2.79. The number of carbonyl (C=O) groups is 1. The molecule has 4 rings (SSSR count). The predicted octanol–water partition coefficient (Wildman–Crippen LogP) is 2.75. The van der Waals surface area contributed by atoms with Crippen molar-refractivity contribution in [3.05, 3.63) is 82.4 Å². The van der Waals surface area contributed by atoms with E-state index >= 15 is 0 Å². The molecule has 8 nitrogen and oxygen atoms in total. The molecule has 0 aliphatic heterocycles. The highest BCUT2D eigenvalue weighted by atomic mass is 32.1. The molecule has 31 heavy (non-hydrogen) atoms. The summed E-state index contributed by atoms with van der Waals surface area (Å²) in [6.07, 6.45) is 3.29. The summed E-state index contributed by atoms with van der Waals surface area (Å²) in [4.78, 5) is 33.0. The number of rotatable bonds is 7. The zero-order valence-electron chi connectivity index (χ0n) is 16.7. The summed E-state index contributed by atoms with van der Waals surface area (Å²) < 4.78 is 6.32. The molecular formula is C22H19N5O3S. The molecule has 9 heteroatoms. The highest BCUT2D eigenvalue weighted by Gasteiger charge is 2.10. The number of thiazole rings is 1. The van der Waals surface area contributed by atoms with Gasteiger partial charge in [-0.15, -0.1) is 11.3 Å². The maximum atomic E-state index is 12.4. The van der Waals surface area contributed by atoms with Gasteiger partial charge in [-0.05, 0) is 42.5 Å². The number of amides is 1. The van der Waals surface area contributed by atoms with Gasteiger partial charge in [-0.1, -0.05) is 0 Å². The molecule has 0 bridgehead atoms. The Kier molecular flexibility index (Phi) is 6.13. The van der Waals surface area contributed by atoms with Gasteiger partial charge in [0.2, 0.25) is 5.91 Å². The van der Waals surface area contributed by atoms with Crippen LogP contribution in [0.15, 0.2) is 71.1 Å². The van der Waals surface area contributed by atoms with E-state index in [9.17, 15) is 9.59 Å². The second kappa shape index (κ2) is 9.31. The topological polar surface area (TPSA) is 99.0 Å². The first-order valence-corrected chi connectivity index (χ1v) is 10.3. The van der Waals surface area contributed by atoms with E-state index in [1.165, 1.54) is 17.4 Å². The minimum Gasteiger partial charge on any atom is -0.497 e. The largest absolute Gasteiger partial charge is 0.497 e. The molecule has 0 saturated carbocycles. The van der Waals surface area contributed by atoms with Gasteiger partial charge in [-0.25, -0.2) is 9.67 Å². The Bertz CT molecular complexity index is 1240. The van der Waals surface area contributed by atoms with Crippen LogP contribution in [0, 0.1) is 0 Å². The highest BCUT2D eigenvalue weighted by Crippen LogP contribution is 2.25. The number of hydrogen-bond acceptors (Lipinski definition) is 7. The molecule has 0 fully saturated rings. The second-order valence-electron chi connectivity index (χ2n) is 6.60. The molecule has 0 saturated heterocycles. The van der Waals surface area contributed by atoms with Crippen LogP contribution in [0.25, 0.3) is 21.8 Å². The van der Waals surface area contributed by atoms with Crippen LogP contribution in [0.5, 0.6) is 5.75 Å². The molecule has 0 aliphatic rings. The molecule has 4 aromatic rings. The van der Waals surface area contributed by atoms with E-state index in [2.05, 4.69) is 20.4 Å². The molecule has 0 unspecified atom stereocenters. The van der Waals surface area contributed by atoms with Crippen molar-refractivity contribution < 1.29 is 9.53 Å². The third-order valence-electron chi connectivity index (χ3n) is 4.49. The van der Waals surface area contributed by atoms with Gasteiger partial charge >= 0.3 is 0 Å². The normalized spacial score (nSPS) is 10.6. The van der Waals surface area contributed by atoms with Gasteiger partial charge in [0.15, 0.2) is 0 Å². The third-order valence-corrected chi connectivity index (χ3v) is 5.43. The first kappa shape index (κ1) is 20.4. The summed E-state index contributed by atoms with van der Waals surface area (Å²) in [7, 11) is 1.62. The fourth-order valence-electron chi connectivity index (χ4n) is 2.87. The Morgan fingerprint density at radius 3 is 2.58 bits per heavy atom. The molecule has 1 aromatic carbocycles. The molecule has 0 atom stereocenters. The van der Waals surface area contributed by atoms with Gasteiger partial charge in [0.05, 0.1) is 25.0 Å². The number of hydrogen-bond donors (Lipinski definition) is 1. The van der Waals surface area contributed by atoms with Crippen LogP contribution < -0.4 is 15.6 Å². The van der Waals surface area contributed by atoms with E-state index in [1.54, 1.807) is 37.7 Å². The van der Waals surface area contributed by atoms with Crippen molar-refractivity contribution in [1.29, 1.82) is 0 Å². The van der Waals surface area contributed by atoms with Crippen LogP contribution in [-0.4, -0.2) is 32.8 Å². The van der Waals surface area contributed by atoms with Crippen LogP contribution in [0.1, 0.15) is 5.69 Å². The second-order valence-corrected chi connectivity index (χ2v) is 7.46. The lowest BCUT2D eigenvalue weighted by Crippen LogP contribution is -2.33. The van der Waals surface area contributed by atoms with Crippen LogP contribution >= 0.6 is 11.3 Å². The van der Waals surface area contributed by atoms with Crippen molar-refractivity contribution in [2.75, 3.05) is 7.11 Å². The maximum Gasteiger partial charge on any atom is 0.267 e. The van der Waals surface area contributed by atoms with E-state index in [-0.39, 0.29) is 24.6 Å². The number of nitrogens with zero attached hydrogens (tertiary/aromatic N) is 4. The first-order chi connectivity index (χ1) is 15.1. The smallest absolute Gasteiger partial charge is 0.267 e. The van der Waals surface area contributed by atoms with Crippen LogP contribution in [0.4, 0.5) is 0 Å². The summed E-state index contributed by atoms with van der Waals surface area (Å²) in [6, 6.07) is 14.2. The summed E-state index contributed by atoms with van der Waals surface area (Å²) in [5, 5.41) is 9.83. The summed E-state index contributed by atoms with van der Waals surface area (Å²) >= 11 is 1.50. The van der Waals surface area contributed by atoms with Gasteiger partial charge in [-0.3, -0.25) is 14.6 Å². The average Bonchev–Trinajstić information content (AvgIpc) is 3.29. The standard InChI is InChI=1S/C22H19N5O3S/c1-30-18-4-2-16(3-5-18)22-25-17(14-31-22)12-24-20(28)13-27-21(29)7-6-19(26-27)15-8-10-23-11-9-15/h2-11,14H,12-13H2,1H3,(H,24,28). The number of ether oxygens (including phenoxy) is 1. The maximum absolute atomic E-state index is 12.4. The van der Waals surface area contributed by atoms with Gasteiger partial charge in [0, 0.05) is 35.0 Å². The van der Waals surface area contributed by atoms with Crippen LogP contribution in [-0.2, 0) is 17.9 Å². The fraction of sp³-hybridized carbons (Fsp3) is 0.136. The monoisotopic (exact) mass is 433 g/mol. The van der Waals surface area contributed by atoms with Crippen molar-refractivity contribution in [2.45, 2.75) is 13.1 Å². The van der Waals surface area contributed by atoms with E-state index in [4.69, 9.17) is 4.74 Å². The quantitative estimate of drug-likeness (QED) is 0.481. The number of pyridine rings is 1. The minimum atomic E-state index is -0.344. The lowest BCUT2D eigenvalue weighted by atomic mass is 10.2. The molecule has 1 N–H and O–H groups in total.